The van der Waals surface area contributed by atoms with Gasteiger partial charge in [0, 0.05) is 29.4 Å². The van der Waals surface area contributed by atoms with Crippen LogP contribution in [0.2, 0.25) is 5.02 Å². The zero-order valence-electron chi connectivity index (χ0n) is 12.7. The molecule has 1 unspecified atom stereocenters. The third-order valence-electron chi connectivity index (χ3n) is 4.27. The summed E-state index contributed by atoms with van der Waals surface area (Å²) in [4.78, 5) is 14.7. The topological polar surface area (TPSA) is 20.3 Å². The highest BCUT2D eigenvalue weighted by Crippen LogP contribution is 2.35. The highest BCUT2D eigenvalue weighted by Gasteiger charge is 2.37. The molecule has 0 saturated heterocycles. The average Bonchev–Trinajstić information content (AvgIpc) is 2.35. The molecule has 20 heavy (non-hydrogen) atoms. The first kappa shape index (κ1) is 15.5. The molecular weight excluding hydrogens is 270 g/mol. The minimum Gasteiger partial charge on any atom is -0.301 e. The van der Waals surface area contributed by atoms with Gasteiger partial charge in [0.15, 0.2) is 0 Å². The van der Waals surface area contributed by atoms with E-state index in [-0.39, 0.29) is 11.3 Å². The van der Waals surface area contributed by atoms with E-state index in [2.05, 4.69) is 31.9 Å². The zero-order chi connectivity index (χ0) is 14.8. The lowest BCUT2D eigenvalue weighted by Crippen LogP contribution is -2.40. The Morgan fingerprint density at radius 2 is 2.15 bits per heavy atom. The molecule has 1 aliphatic rings. The maximum Gasteiger partial charge on any atom is 0.142 e. The van der Waals surface area contributed by atoms with Crippen LogP contribution in [-0.2, 0) is 11.3 Å². The Morgan fingerprint density at radius 3 is 2.85 bits per heavy atom. The van der Waals surface area contributed by atoms with Crippen LogP contribution >= 0.6 is 11.6 Å². The highest BCUT2D eigenvalue weighted by atomic mass is 35.5. The Balaban J connectivity index is 1.94. The summed E-state index contributed by atoms with van der Waals surface area (Å²) in [5.41, 5.74) is 1.06. The van der Waals surface area contributed by atoms with Crippen molar-refractivity contribution in [1.29, 1.82) is 0 Å². The molecule has 0 aliphatic heterocycles. The number of rotatable bonds is 4. The number of nitrogens with zero attached hydrogens (tertiary/aromatic N) is 1. The van der Waals surface area contributed by atoms with E-state index >= 15 is 0 Å². The first-order chi connectivity index (χ1) is 9.38. The molecule has 1 fully saturated rings. The number of ketones is 1. The van der Waals surface area contributed by atoms with Crippen molar-refractivity contribution in [3.63, 3.8) is 0 Å². The fourth-order valence-corrected chi connectivity index (χ4v) is 3.37. The lowest BCUT2D eigenvalue weighted by molar-refractivity contribution is -0.134. The van der Waals surface area contributed by atoms with Gasteiger partial charge in [0.1, 0.15) is 5.78 Å². The van der Waals surface area contributed by atoms with Gasteiger partial charge in [-0.05, 0) is 37.6 Å². The summed E-state index contributed by atoms with van der Waals surface area (Å²) >= 11 is 6.01. The molecule has 2 nitrogen and oxygen atoms in total. The van der Waals surface area contributed by atoms with Gasteiger partial charge in [0.05, 0.1) is 0 Å². The molecular formula is C17H24ClNO. The van der Waals surface area contributed by atoms with Crippen molar-refractivity contribution in [3.8, 4) is 0 Å². The van der Waals surface area contributed by atoms with Crippen LogP contribution in [0.4, 0.5) is 0 Å². The van der Waals surface area contributed by atoms with Crippen molar-refractivity contribution in [2.75, 3.05) is 13.6 Å². The number of halogens is 1. The van der Waals surface area contributed by atoms with E-state index in [4.69, 9.17) is 11.6 Å². The number of Topliss-reactive ketones (excluding diaryl/α,β-unsaturated/α-hetero) is 1. The maximum absolute atomic E-state index is 12.4. The van der Waals surface area contributed by atoms with Crippen LogP contribution in [0.25, 0.3) is 0 Å². The number of benzene rings is 1. The van der Waals surface area contributed by atoms with E-state index < -0.39 is 0 Å². The van der Waals surface area contributed by atoms with Crippen LogP contribution in [0.3, 0.4) is 0 Å². The molecule has 110 valence electrons. The third kappa shape index (κ3) is 3.83. The van der Waals surface area contributed by atoms with Gasteiger partial charge in [-0.15, -0.1) is 0 Å². The van der Waals surface area contributed by atoms with Crippen molar-refractivity contribution in [1.82, 2.24) is 4.90 Å². The van der Waals surface area contributed by atoms with Crippen LogP contribution in [0.5, 0.6) is 0 Å². The van der Waals surface area contributed by atoms with E-state index in [9.17, 15) is 4.79 Å². The summed E-state index contributed by atoms with van der Waals surface area (Å²) < 4.78 is 0. The quantitative estimate of drug-likeness (QED) is 0.830. The Hall–Kier alpha value is -0.860. The second kappa shape index (κ2) is 6.28. The molecule has 1 saturated carbocycles. The molecule has 0 radical (unpaired) electrons. The van der Waals surface area contributed by atoms with E-state index in [1.165, 1.54) is 5.56 Å². The van der Waals surface area contributed by atoms with Crippen molar-refractivity contribution in [2.24, 2.45) is 11.3 Å². The molecule has 0 N–H and O–H groups in total. The van der Waals surface area contributed by atoms with Gasteiger partial charge in [0.2, 0.25) is 0 Å². The summed E-state index contributed by atoms with van der Waals surface area (Å²) in [5, 5.41) is 0.769. The number of hydrogen-bond donors (Lipinski definition) is 0. The van der Waals surface area contributed by atoms with Crippen LogP contribution < -0.4 is 0 Å². The predicted molar refractivity (Wildman–Crippen MR) is 83.9 cm³/mol. The molecule has 3 heteroatoms. The molecule has 0 bridgehead atoms. The van der Waals surface area contributed by atoms with Gasteiger partial charge in [-0.3, -0.25) is 4.79 Å². The molecule has 0 heterocycles. The third-order valence-corrected chi connectivity index (χ3v) is 4.50. The Morgan fingerprint density at radius 1 is 1.40 bits per heavy atom. The molecule has 1 atom stereocenters. The lowest BCUT2D eigenvalue weighted by Gasteiger charge is -2.35. The fourth-order valence-electron chi connectivity index (χ4n) is 3.16. The SMILES string of the molecule is CN(Cc1cccc(Cl)c1)CC1CCCC(C)(C)C1=O. The minimum absolute atomic E-state index is 0.139. The standard InChI is InChI=1S/C17H24ClNO/c1-17(2)9-5-7-14(16(17)20)12-19(3)11-13-6-4-8-15(18)10-13/h4,6,8,10,14H,5,7,9,11-12H2,1-3H3. The Kier molecular flexibility index (Phi) is 4.87. The van der Waals surface area contributed by atoms with Gasteiger partial charge in [-0.1, -0.05) is 44.0 Å². The average molecular weight is 294 g/mol. The zero-order valence-corrected chi connectivity index (χ0v) is 13.4. The molecule has 0 aromatic heterocycles. The van der Waals surface area contributed by atoms with Gasteiger partial charge in [0.25, 0.3) is 0 Å². The minimum atomic E-state index is -0.139. The van der Waals surface area contributed by atoms with Crippen LogP contribution in [0.15, 0.2) is 24.3 Å². The van der Waals surface area contributed by atoms with Crippen molar-refractivity contribution < 1.29 is 4.79 Å². The Bertz CT molecular complexity index is 484. The molecule has 2 rings (SSSR count). The van der Waals surface area contributed by atoms with E-state index in [1.807, 2.05) is 18.2 Å². The summed E-state index contributed by atoms with van der Waals surface area (Å²) in [7, 11) is 2.08. The fraction of sp³-hybridized carbons (Fsp3) is 0.588. The highest BCUT2D eigenvalue weighted by molar-refractivity contribution is 6.30. The van der Waals surface area contributed by atoms with Gasteiger partial charge >= 0.3 is 0 Å². The predicted octanol–water partition coefficient (Wildman–Crippen LogP) is 4.17. The molecule has 0 spiro atoms. The summed E-state index contributed by atoms with van der Waals surface area (Å²) in [5.74, 6) is 0.615. The molecule has 1 aromatic carbocycles. The van der Waals surface area contributed by atoms with E-state index in [0.717, 1.165) is 37.4 Å². The van der Waals surface area contributed by atoms with Gasteiger partial charge in [-0.2, -0.15) is 0 Å². The second-order valence-corrected chi connectivity index (χ2v) is 7.10. The van der Waals surface area contributed by atoms with E-state index in [1.54, 1.807) is 0 Å². The van der Waals surface area contributed by atoms with Crippen LogP contribution in [-0.4, -0.2) is 24.3 Å². The first-order valence-electron chi connectivity index (χ1n) is 7.36. The molecule has 0 amide bonds. The molecule has 1 aliphatic carbocycles. The van der Waals surface area contributed by atoms with Crippen molar-refractivity contribution in [2.45, 2.75) is 39.7 Å². The largest absolute Gasteiger partial charge is 0.301 e. The lowest BCUT2D eigenvalue weighted by atomic mass is 9.71. The monoisotopic (exact) mass is 293 g/mol. The van der Waals surface area contributed by atoms with Crippen molar-refractivity contribution >= 4 is 17.4 Å². The summed E-state index contributed by atoms with van der Waals surface area (Å²) in [6.45, 7) is 5.84. The number of hydrogen-bond acceptors (Lipinski definition) is 2. The van der Waals surface area contributed by atoms with Gasteiger partial charge < -0.3 is 4.90 Å². The van der Waals surface area contributed by atoms with Crippen molar-refractivity contribution in [3.05, 3.63) is 34.9 Å². The maximum atomic E-state index is 12.4. The van der Waals surface area contributed by atoms with Crippen LogP contribution in [0.1, 0.15) is 38.7 Å². The number of carbonyl (C=O) groups excluding carboxylic acids is 1. The second-order valence-electron chi connectivity index (χ2n) is 6.66. The normalized spacial score (nSPS) is 22.2. The Labute approximate surface area is 127 Å². The molecule has 1 aromatic rings. The first-order valence-corrected chi connectivity index (χ1v) is 7.73. The van der Waals surface area contributed by atoms with Gasteiger partial charge in [-0.25, -0.2) is 0 Å². The number of carbonyl (C=O) groups is 1. The van der Waals surface area contributed by atoms with E-state index in [0.29, 0.717) is 5.78 Å². The summed E-state index contributed by atoms with van der Waals surface area (Å²) in [6, 6.07) is 7.93. The van der Waals surface area contributed by atoms with Crippen LogP contribution in [0, 0.1) is 11.3 Å². The smallest absolute Gasteiger partial charge is 0.142 e. The summed E-state index contributed by atoms with van der Waals surface area (Å²) in [6.07, 6.45) is 3.22.